The topological polar surface area (TPSA) is 74.8 Å². The minimum Gasteiger partial charge on any atom is -0.484 e. The van der Waals surface area contributed by atoms with Crippen molar-refractivity contribution < 1.29 is 27.5 Å². The molecule has 3 aromatic rings. The molecule has 0 atom stereocenters. The fraction of sp³-hybridized carbons (Fsp3) is 0.269. The van der Waals surface area contributed by atoms with Gasteiger partial charge < -0.3 is 15.0 Å². The SMILES string of the molecule is O=C(COc1ccc(C(=O)N2CCN(Cc3cccnc3)CC2)cc1)Nc1cccc(C(F)(F)F)c1. The monoisotopic (exact) mass is 498 g/mol. The molecule has 10 heteroatoms. The van der Waals surface area contributed by atoms with Crippen LogP contribution >= 0.6 is 0 Å². The molecule has 1 aliphatic rings. The van der Waals surface area contributed by atoms with Gasteiger partial charge in [0.2, 0.25) is 0 Å². The summed E-state index contributed by atoms with van der Waals surface area (Å²) in [5.74, 6) is -0.310. The Balaban J connectivity index is 1.23. The van der Waals surface area contributed by atoms with Crippen LogP contribution in [0.3, 0.4) is 0 Å². The molecule has 1 saturated heterocycles. The third kappa shape index (κ3) is 6.82. The lowest BCUT2D eigenvalue weighted by atomic mass is 10.1. The standard InChI is InChI=1S/C26H25F3N4O3/c27-26(28,29)21-4-1-5-22(15-21)31-24(34)18-36-23-8-6-20(7-9-23)25(35)33-13-11-32(12-14-33)17-19-3-2-10-30-16-19/h1-10,15-16H,11-14,17-18H2,(H,31,34). The fourth-order valence-corrected chi connectivity index (χ4v) is 3.85. The van der Waals surface area contributed by atoms with Crippen molar-refractivity contribution in [1.82, 2.24) is 14.8 Å². The van der Waals surface area contributed by atoms with Crippen molar-refractivity contribution in [3.05, 3.63) is 89.7 Å². The molecule has 188 valence electrons. The summed E-state index contributed by atoms with van der Waals surface area (Å²) in [6.07, 6.45) is -0.911. The second-order valence-electron chi connectivity index (χ2n) is 8.37. The van der Waals surface area contributed by atoms with Gasteiger partial charge in [0.15, 0.2) is 6.61 Å². The number of hydrogen-bond acceptors (Lipinski definition) is 5. The Kier molecular flexibility index (Phi) is 7.84. The first-order chi connectivity index (χ1) is 17.3. The summed E-state index contributed by atoms with van der Waals surface area (Å²) in [6, 6.07) is 14.7. The van der Waals surface area contributed by atoms with Crippen LogP contribution in [0.25, 0.3) is 0 Å². The zero-order chi connectivity index (χ0) is 25.5. The van der Waals surface area contributed by atoms with E-state index in [0.29, 0.717) is 24.4 Å². The number of amides is 2. The second-order valence-corrected chi connectivity index (χ2v) is 8.37. The number of piperazine rings is 1. The minimum atomic E-state index is -4.50. The molecule has 0 unspecified atom stereocenters. The number of nitrogens with one attached hydrogen (secondary N) is 1. The molecule has 7 nitrogen and oxygen atoms in total. The number of halogens is 3. The number of pyridine rings is 1. The fourth-order valence-electron chi connectivity index (χ4n) is 3.85. The highest BCUT2D eigenvalue weighted by molar-refractivity contribution is 5.94. The zero-order valence-electron chi connectivity index (χ0n) is 19.4. The van der Waals surface area contributed by atoms with Crippen molar-refractivity contribution in [1.29, 1.82) is 0 Å². The molecule has 0 bridgehead atoms. The van der Waals surface area contributed by atoms with Gasteiger partial charge in [-0.15, -0.1) is 0 Å². The molecule has 1 aromatic heterocycles. The molecule has 2 aromatic carbocycles. The summed E-state index contributed by atoms with van der Waals surface area (Å²) >= 11 is 0. The third-order valence-corrected chi connectivity index (χ3v) is 5.73. The van der Waals surface area contributed by atoms with E-state index in [1.54, 1.807) is 35.4 Å². The number of anilines is 1. The second kappa shape index (κ2) is 11.2. The van der Waals surface area contributed by atoms with E-state index in [1.165, 1.54) is 12.1 Å². The normalized spacial score (nSPS) is 14.4. The molecule has 0 saturated carbocycles. The van der Waals surface area contributed by atoms with Crippen LogP contribution in [-0.4, -0.2) is 59.4 Å². The highest BCUT2D eigenvalue weighted by Gasteiger charge is 2.30. The molecule has 2 amide bonds. The molecule has 1 N–H and O–H groups in total. The summed E-state index contributed by atoms with van der Waals surface area (Å²) in [4.78, 5) is 33.2. The summed E-state index contributed by atoms with van der Waals surface area (Å²) in [5.41, 5.74) is 0.823. The Morgan fingerprint density at radius 2 is 1.72 bits per heavy atom. The molecule has 0 aliphatic carbocycles. The predicted octanol–water partition coefficient (Wildman–Crippen LogP) is 4.08. The van der Waals surface area contributed by atoms with Crippen molar-refractivity contribution in [2.75, 3.05) is 38.1 Å². The molecule has 0 spiro atoms. The van der Waals surface area contributed by atoms with Crippen LogP contribution in [0.1, 0.15) is 21.5 Å². The highest BCUT2D eigenvalue weighted by Crippen LogP contribution is 2.30. The number of alkyl halides is 3. The lowest BCUT2D eigenvalue weighted by Crippen LogP contribution is -2.48. The predicted molar refractivity (Wildman–Crippen MR) is 127 cm³/mol. The van der Waals surface area contributed by atoms with Crippen molar-refractivity contribution >= 4 is 17.5 Å². The average Bonchev–Trinajstić information content (AvgIpc) is 2.88. The van der Waals surface area contributed by atoms with Crippen molar-refractivity contribution in [2.45, 2.75) is 12.7 Å². The first-order valence-corrected chi connectivity index (χ1v) is 11.4. The number of benzene rings is 2. The number of aromatic nitrogens is 1. The van der Waals surface area contributed by atoms with Crippen LogP contribution < -0.4 is 10.1 Å². The van der Waals surface area contributed by atoms with E-state index in [1.807, 2.05) is 18.3 Å². The molecule has 1 aliphatic heterocycles. The van der Waals surface area contributed by atoms with E-state index in [4.69, 9.17) is 4.74 Å². The van der Waals surface area contributed by atoms with Gasteiger partial charge in [-0.05, 0) is 54.1 Å². The van der Waals surface area contributed by atoms with Gasteiger partial charge >= 0.3 is 6.18 Å². The van der Waals surface area contributed by atoms with Crippen LogP contribution in [0.2, 0.25) is 0 Å². The van der Waals surface area contributed by atoms with Crippen molar-refractivity contribution in [3.63, 3.8) is 0 Å². The molecule has 0 radical (unpaired) electrons. The number of hydrogen-bond donors (Lipinski definition) is 1. The number of rotatable bonds is 7. The molecular formula is C26H25F3N4O3. The van der Waals surface area contributed by atoms with Gasteiger partial charge in [0.25, 0.3) is 11.8 Å². The van der Waals surface area contributed by atoms with Gasteiger partial charge in [0.1, 0.15) is 5.75 Å². The number of carbonyl (C=O) groups excluding carboxylic acids is 2. The van der Waals surface area contributed by atoms with E-state index >= 15 is 0 Å². The average molecular weight is 499 g/mol. The van der Waals surface area contributed by atoms with Gasteiger partial charge in [-0.2, -0.15) is 13.2 Å². The molecule has 4 rings (SSSR count). The minimum absolute atomic E-state index is 0.0277. The first-order valence-electron chi connectivity index (χ1n) is 11.4. The summed E-state index contributed by atoms with van der Waals surface area (Å²) in [7, 11) is 0. The Morgan fingerprint density at radius 1 is 0.972 bits per heavy atom. The van der Waals surface area contributed by atoms with Crippen LogP contribution in [0.4, 0.5) is 18.9 Å². The van der Waals surface area contributed by atoms with Crippen molar-refractivity contribution in [2.24, 2.45) is 0 Å². The maximum atomic E-state index is 12.9. The quantitative estimate of drug-likeness (QED) is 0.532. The third-order valence-electron chi connectivity index (χ3n) is 5.73. The van der Waals surface area contributed by atoms with E-state index in [0.717, 1.165) is 37.3 Å². The van der Waals surface area contributed by atoms with Crippen LogP contribution in [0.15, 0.2) is 73.1 Å². The summed E-state index contributed by atoms with van der Waals surface area (Å²) in [5, 5.41) is 2.38. The van der Waals surface area contributed by atoms with Crippen LogP contribution in [-0.2, 0) is 17.5 Å². The Morgan fingerprint density at radius 3 is 2.39 bits per heavy atom. The smallest absolute Gasteiger partial charge is 0.416 e. The molecular weight excluding hydrogens is 473 g/mol. The molecule has 1 fully saturated rings. The Hall–Kier alpha value is -3.92. The van der Waals surface area contributed by atoms with Crippen molar-refractivity contribution in [3.8, 4) is 5.75 Å². The van der Waals surface area contributed by atoms with Gasteiger partial charge in [-0.1, -0.05) is 12.1 Å². The van der Waals surface area contributed by atoms with Crippen LogP contribution in [0, 0.1) is 0 Å². The number of carbonyl (C=O) groups is 2. The molecule has 2 heterocycles. The van der Waals surface area contributed by atoms with E-state index in [2.05, 4.69) is 15.2 Å². The Labute approximate surface area is 206 Å². The number of ether oxygens (including phenoxy) is 1. The highest BCUT2D eigenvalue weighted by atomic mass is 19.4. The lowest BCUT2D eigenvalue weighted by molar-refractivity contribution is -0.137. The zero-order valence-corrected chi connectivity index (χ0v) is 19.4. The van der Waals surface area contributed by atoms with Gasteiger partial charge in [0.05, 0.1) is 5.56 Å². The Bertz CT molecular complexity index is 1180. The summed E-state index contributed by atoms with van der Waals surface area (Å²) < 4.78 is 43.9. The molecule has 36 heavy (non-hydrogen) atoms. The first kappa shape index (κ1) is 25.2. The van der Waals surface area contributed by atoms with Crippen LogP contribution in [0.5, 0.6) is 5.75 Å². The van der Waals surface area contributed by atoms with Gasteiger partial charge in [-0.3, -0.25) is 19.5 Å². The van der Waals surface area contributed by atoms with Gasteiger partial charge in [-0.25, -0.2) is 0 Å². The largest absolute Gasteiger partial charge is 0.484 e. The maximum absolute atomic E-state index is 12.9. The van der Waals surface area contributed by atoms with Gasteiger partial charge in [0, 0.05) is 56.4 Å². The summed E-state index contributed by atoms with van der Waals surface area (Å²) in [6.45, 7) is 3.18. The lowest BCUT2D eigenvalue weighted by Gasteiger charge is -2.34. The maximum Gasteiger partial charge on any atom is 0.416 e. The van der Waals surface area contributed by atoms with E-state index < -0.39 is 17.6 Å². The van der Waals surface area contributed by atoms with E-state index in [-0.39, 0.29) is 18.2 Å². The van der Waals surface area contributed by atoms with E-state index in [9.17, 15) is 22.8 Å². The number of nitrogens with zero attached hydrogens (tertiary/aromatic N) is 3.